The summed E-state index contributed by atoms with van der Waals surface area (Å²) in [4.78, 5) is 12.2. The van der Waals surface area contributed by atoms with Gasteiger partial charge < -0.3 is 5.32 Å². The molecular weight excluding hydrogens is 292 g/mol. The fourth-order valence-electron chi connectivity index (χ4n) is 2.64. The Balaban J connectivity index is 2.22. The molecule has 1 amide bonds. The third kappa shape index (κ3) is 2.86. The summed E-state index contributed by atoms with van der Waals surface area (Å²) in [7, 11) is 0. The van der Waals surface area contributed by atoms with Crippen molar-refractivity contribution >= 4 is 5.91 Å². The summed E-state index contributed by atoms with van der Waals surface area (Å²) in [6.07, 6.45) is 1.18. The van der Waals surface area contributed by atoms with Gasteiger partial charge in [-0.05, 0) is 33.8 Å². The molecule has 0 fully saturated rings. The summed E-state index contributed by atoms with van der Waals surface area (Å²) in [5.41, 5.74) is 2.50. The molecule has 1 N–H and O–H groups in total. The first-order chi connectivity index (χ1) is 10.4. The molecule has 0 spiro atoms. The van der Waals surface area contributed by atoms with Crippen LogP contribution in [-0.4, -0.2) is 25.5 Å². The Morgan fingerprint density at radius 2 is 2.09 bits per heavy atom. The van der Waals surface area contributed by atoms with Gasteiger partial charge in [0, 0.05) is 24.0 Å². The minimum absolute atomic E-state index is 0.167. The molecule has 2 aromatic rings. The standard InChI is InChI=1S/C14H19F2N5O/c1-5-20-10(4)12(9(3)19-20)8(2)18-13(22)11-6-7-17-21(11)14(15)16/h6-8,14H,5H2,1-4H3,(H,18,22). The lowest BCUT2D eigenvalue weighted by molar-refractivity contribution is 0.0507. The second-order valence-electron chi connectivity index (χ2n) is 5.03. The predicted molar refractivity (Wildman–Crippen MR) is 76.7 cm³/mol. The van der Waals surface area contributed by atoms with Crippen molar-refractivity contribution in [3.8, 4) is 0 Å². The van der Waals surface area contributed by atoms with Crippen LogP contribution in [0, 0.1) is 13.8 Å². The quantitative estimate of drug-likeness (QED) is 0.923. The van der Waals surface area contributed by atoms with Crippen LogP contribution in [0.5, 0.6) is 0 Å². The monoisotopic (exact) mass is 311 g/mol. The third-order valence-corrected chi connectivity index (χ3v) is 3.61. The Hall–Kier alpha value is -2.25. The molecular formula is C14H19F2N5O. The van der Waals surface area contributed by atoms with Gasteiger partial charge in [0.15, 0.2) is 0 Å². The van der Waals surface area contributed by atoms with Gasteiger partial charge in [0.25, 0.3) is 5.91 Å². The number of rotatable bonds is 5. The Labute approximate surface area is 127 Å². The molecule has 0 aliphatic carbocycles. The minimum Gasteiger partial charge on any atom is -0.344 e. The second kappa shape index (κ2) is 6.25. The summed E-state index contributed by atoms with van der Waals surface area (Å²) < 4.78 is 27.8. The molecule has 22 heavy (non-hydrogen) atoms. The SMILES string of the molecule is CCn1nc(C)c(C(C)NC(=O)c2ccnn2C(F)F)c1C. The average Bonchev–Trinajstić information content (AvgIpc) is 3.03. The van der Waals surface area contributed by atoms with E-state index in [1.54, 1.807) is 6.92 Å². The van der Waals surface area contributed by atoms with Crippen LogP contribution in [0.15, 0.2) is 12.3 Å². The van der Waals surface area contributed by atoms with Gasteiger partial charge in [-0.2, -0.15) is 23.7 Å². The molecule has 6 nitrogen and oxygen atoms in total. The smallest absolute Gasteiger partial charge is 0.333 e. The Kier molecular flexibility index (Phi) is 4.58. The maximum Gasteiger partial charge on any atom is 0.333 e. The Bertz CT molecular complexity index is 677. The highest BCUT2D eigenvalue weighted by atomic mass is 19.3. The van der Waals surface area contributed by atoms with Gasteiger partial charge in [0.2, 0.25) is 0 Å². The van der Waals surface area contributed by atoms with Crippen molar-refractivity contribution in [2.24, 2.45) is 0 Å². The van der Waals surface area contributed by atoms with Crippen molar-refractivity contribution in [3.05, 3.63) is 34.9 Å². The van der Waals surface area contributed by atoms with Crippen LogP contribution in [0.25, 0.3) is 0 Å². The molecule has 2 heterocycles. The minimum atomic E-state index is -2.85. The fourth-order valence-corrected chi connectivity index (χ4v) is 2.64. The highest BCUT2D eigenvalue weighted by Gasteiger charge is 2.22. The maximum atomic E-state index is 12.8. The number of aryl methyl sites for hydroxylation is 2. The second-order valence-corrected chi connectivity index (χ2v) is 5.03. The van der Waals surface area contributed by atoms with Crippen LogP contribution in [0.1, 0.15) is 53.9 Å². The number of hydrogen-bond acceptors (Lipinski definition) is 3. The maximum absolute atomic E-state index is 12.8. The number of carbonyl (C=O) groups excluding carboxylic acids is 1. The molecule has 0 saturated carbocycles. The van der Waals surface area contributed by atoms with Crippen LogP contribution >= 0.6 is 0 Å². The van der Waals surface area contributed by atoms with Crippen LogP contribution in [0.4, 0.5) is 8.78 Å². The van der Waals surface area contributed by atoms with E-state index in [1.807, 2.05) is 25.5 Å². The van der Waals surface area contributed by atoms with Crippen molar-refractivity contribution in [2.75, 3.05) is 0 Å². The van der Waals surface area contributed by atoms with E-state index in [4.69, 9.17) is 0 Å². The van der Waals surface area contributed by atoms with Crippen molar-refractivity contribution in [1.82, 2.24) is 24.9 Å². The summed E-state index contributed by atoms with van der Waals surface area (Å²) in [6.45, 7) is 5.44. The molecule has 0 aliphatic rings. The number of alkyl halides is 2. The number of nitrogens with one attached hydrogen (secondary N) is 1. The molecule has 120 valence electrons. The highest BCUT2D eigenvalue weighted by molar-refractivity contribution is 5.92. The molecule has 0 aromatic carbocycles. The molecule has 1 atom stereocenters. The molecule has 2 aromatic heterocycles. The highest BCUT2D eigenvalue weighted by Crippen LogP contribution is 2.22. The zero-order valence-electron chi connectivity index (χ0n) is 13.0. The molecule has 0 saturated heterocycles. The number of hydrogen-bond donors (Lipinski definition) is 1. The molecule has 0 aliphatic heterocycles. The lowest BCUT2D eigenvalue weighted by Gasteiger charge is -2.15. The van der Waals surface area contributed by atoms with Crippen molar-refractivity contribution in [3.63, 3.8) is 0 Å². The van der Waals surface area contributed by atoms with Gasteiger partial charge >= 0.3 is 6.55 Å². The molecule has 0 radical (unpaired) electrons. The molecule has 8 heteroatoms. The third-order valence-electron chi connectivity index (χ3n) is 3.61. The molecule has 2 rings (SSSR count). The lowest BCUT2D eigenvalue weighted by Crippen LogP contribution is -2.29. The number of nitrogens with zero attached hydrogens (tertiary/aromatic N) is 4. The first-order valence-electron chi connectivity index (χ1n) is 7.03. The van der Waals surface area contributed by atoms with E-state index in [1.165, 1.54) is 12.3 Å². The zero-order valence-corrected chi connectivity index (χ0v) is 13.0. The number of carbonyl (C=O) groups is 1. The topological polar surface area (TPSA) is 64.7 Å². The first-order valence-corrected chi connectivity index (χ1v) is 7.03. The number of amides is 1. The molecule has 0 bridgehead atoms. The largest absolute Gasteiger partial charge is 0.344 e. The van der Waals surface area contributed by atoms with Crippen LogP contribution in [-0.2, 0) is 6.54 Å². The normalized spacial score (nSPS) is 12.7. The van der Waals surface area contributed by atoms with E-state index in [-0.39, 0.29) is 11.7 Å². The number of halogens is 2. The van der Waals surface area contributed by atoms with Crippen LogP contribution < -0.4 is 5.32 Å². The van der Waals surface area contributed by atoms with Gasteiger partial charge in [-0.15, -0.1) is 0 Å². The predicted octanol–water partition coefficient (Wildman–Crippen LogP) is 2.60. The van der Waals surface area contributed by atoms with Crippen molar-refractivity contribution in [2.45, 2.75) is 46.8 Å². The van der Waals surface area contributed by atoms with Gasteiger partial charge in [0.1, 0.15) is 5.69 Å². The van der Waals surface area contributed by atoms with Crippen molar-refractivity contribution in [1.29, 1.82) is 0 Å². The Morgan fingerprint density at radius 3 is 2.64 bits per heavy atom. The van der Waals surface area contributed by atoms with E-state index >= 15 is 0 Å². The van der Waals surface area contributed by atoms with E-state index < -0.39 is 12.5 Å². The van der Waals surface area contributed by atoms with Gasteiger partial charge in [-0.25, -0.2) is 0 Å². The van der Waals surface area contributed by atoms with E-state index in [2.05, 4.69) is 15.5 Å². The summed E-state index contributed by atoms with van der Waals surface area (Å²) in [5.74, 6) is -0.589. The Morgan fingerprint density at radius 1 is 1.41 bits per heavy atom. The van der Waals surface area contributed by atoms with Crippen LogP contribution in [0.2, 0.25) is 0 Å². The van der Waals surface area contributed by atoms with Gasteiger partial charge in [0.05, 0.1) is 11.7 Å². The fraction of sp³-hybridized carbons (Fsp3) is 0.500. The van der Waals surface area contributed by atoms with E-state index in [0.717, 1.165) is 23.5 Å². The van der Waals surface area contributed by atoms with Gasteiger partial charge in [-0.1, -0.05) is 0 Å². The van der Waals surface area contributed by atoms with E-state index in [0.29, 0.717) is 4.68 Å². The van der Waals surface area contributed by atoms with Crippen LogP contribution in [0.3, 0.4) is 0 Å². The zero-order chi connectivity index (χ0) is 16.4. The molecule has 1 unspecified atom stereocenters. The van der Waals surface area contributed by atoms with E-state index in [9.17, 15) is 13.6 Å². The summed E-state index contributed by atoms with van der Waals surface area (Å²) >= 11 is 0. The van der Waals surface area contributed by atoms with Gasteiger partial charge in [-0.3, -0.25) is 9.48 Å². The first kappa shape index (κ1) is 16.1. The summed E-state index contributed by atoms with van der Waals surface area (Å²) in [6, 6.07) is 0.928. The average molecular weight is 311 g/mol. The summed E-state index contributed by atoms with van der Waals surface area (Å²) in [5, 5.41) is 10.6. The number of aromatic nitrogens is 4. The lowest BCUT2D eigenvalue weighted by atomic mass is 10.1. The van der Waals surface area contributed by atoms with Crippen molar-refractivity contribution < 1.29 is 13.6 Å².